The van der Waals surface area contributed by atoms with Gasteiger partial charge >= 0.3 is 6.03 Å². The Bertz CT molecular complexity index is 503. The number of hydrogen-bond acceptors (Lipinski definition) is 5. The van der Waals surface area contributed by atoms with Crippen LogP contribution < -0.4 is 10.6 Å². The molecule has 2 N–H and O–H groups in total. The van der Waals surface area contributed by atoms with Crippen molar-refractivity contribution < 1.29 is 14.3 Å². The van der Waals surface area contributed by atoms with Crippen molar-refractivity contribution in [3.05, 3.63) is 0 Å². The molecule has 0 radical (unpaired) electrons. The summed E-state index contributed by atoms with van der Waals surface area (Å²) in [5, 5.41) is 23.0. The molecule has 8 heteroatoms. The molecule has 1 heterocycles. The van der Waals surface area contributed by atoms with Gasteiger partial charge in [-0.05, 0) is 18.8 Å². The Morgan fingerprint density at radius 2 is 1.88 bits per heavy atom. The average Bonchev–Trinajstić information content (AvgIpc) is 2.58. The Morgan fingerprint density at radius 1 is 1.21 bits per heavy atom. The Kier molecular flexibility index (Phi) is 8.59. The maximum Gasteiger partial charge on any atom is 0.318 e. The van der Waals surface area contributed by atoms with Crippen LogP contribution in [0.3, 0.4) is 0 Å². The predicted molar refractivity (Wildman–Crippen MR) is 86.6 cm³/mol. The average molecular weight is 335 g/mol. The summed E-state index contributed by atoms with van der Waals surface area (Å²) in [4.78, 5) is 26.3. The van der Waals surface area contributed by atoms with E-state index in [1.807, 2.05) is 26.0 Å². The van der Waals surface area contributed by atoms with Gasteiger partial charge in [0.25, 0.3) is 0 Å². The number of ether oxygens (including phenoxy) is 1. The normalized spacial score (nSPS) is 16.6. The SMILES string of the molecule is CC(C)C[C@H](NC(=O)N1CCOCC1)C(=O)N[C@H](C#N)CCC#N. The minimum atomic E-state index is -0.730. The molecule has 3 amide bonds. The molecule has 0 aromatic heterocycles. The van der Waals surface area contributed by atoms with Crippen LogP contribution >= 0.6 is 0 Å². The van der Waals surface area contributed by atoms with Crippen LogP contribution in [0, 0.1) is 28.6 Å². The van der Waals surface area contributed by atoms with Gasteiger partial charge < -0.3 is 20.3 Å². The second-order valence-corrected chi connectivity index (χ2v) is 6.12. The molecule has 1 aliphatic heterocycles. The Labute approximate surface area is 142 Å². The van der Waals surface area contributed by atoms with Gasteiger partial charge in [0.15, 0.2) is 0 Å². The third-order valence-corrected chi connectivity index (χ3v) is 3.64. The minimum Gasteiger partial charge on any atom is -0.378 e. The number of hydrogen-bond donors (Lipinski definition) is 2. The lowest BCUT2D eigenvalue weighted by molar-refractivity contribution is -0.123. The number of amides is 3. The summed E-state index contributed by atoms with van der Waals surface area (Å²) in [6.45, 7) is 5.87. The maximum absolute atomic E-state index is 12.4. The fourth-order valence-electron chi connectivity index (χ4n) is 2.36. The topological polar surface area (TPSA) is 118 Å². The van der Waals surface area contributed by atoms with Crippen LogP contribution in [0.4, 0.5) is 4.79 Å². The van der Waals surface area contributed by atoms with E-state index in [9.17, 15) is 9.59 Å². The summed E-state index contributed by atoms with van der Waals surface area (Å²) in [7, 11) is 0. The predicted octanol–water partition coefficient (Wildman–Crippen LogP) is 0.755. The highest BCUT2D eigenvalue weighted by Gasteiger charge is 2.26. The summed E-state index contributed by atoms with van der Waals surface area (Å²) < 4.78 is 5.21. The van der Waals surface area contributed by atoms with E-state index in [0.717, 1.165) is 0 Å². The highest BCUT2D eigenvalue weighted by molar-refractivity contribution is 5.87. The van der Waals surface area contributed by atoms with Crippen LogP contribution in [0.25, 0.3) is 0 Å². The zero-order valence-corrected chi connectivity index (χ0v) is 14.2. The van der Waals surface area contributed by atoms with Crippen molar-refractivity contribution in [1.82, 2.24) is 15.5 Å². The van der Waals surface area contributed by atoms with Gasteiger partial charge in [0, 0.05) is 19.5 Å². The molecule has 0 spiro atoms. The largest absolute Gasteiger partial charge is 0.378 e. The molecule has 0 unspecified atom stereocenters. The molecule has 0 saturated carbocycles. The second-order valence-electron chi connectivity index (χ2n) is 6.12. The number of nitriles is 2. The van der Waals surface area contributed by atoms with Gasteiger partial charge in [0.1, 0.15) is 12.1 Å². The molecular formula is C16H25N5O3. The van der Waals surface area contributed by atoms with Crippen LogP contribution in [-0.4, -0.2) is 55.2 Å². The smallest absolute Gasteiger partial charge is 0.318 e. The molecule has 0 aromatic carbocycles. The Balaban J connectivity index is 2.65. The van der Waals surface area contributed by atoms with Crippen molar-refractivity contribution in [2.24, 2.45) is 5.92 Å². The van der Waals surface area contributed by atoms with E-state index in [0.29, 0.717) is 32.7 Å². The zero-order chi connectivity index (χ0) is 17.9. The molecule has 1 saturated heterocycles. The van der Waals surface area contributed by atoms with Crippen LogP contribution in [0.15, 0.2) is 0 Å². The molecule has 0 aromatic rings. The maximum atomic E-state index is 12.4. The molecule has 2 atom stereocenters. The fourth-order valence-corrected chi connectivity index (χ4v) is 2.36. The zero-order valence-electron chi connectivity index (χ0n) is 14.2. The van der Waals surface area contributed by atoms with Crippen LogP contribution in [0.5, 0.6) is 0 Å². The van der Waals surface area contributed by atoms with Crippen molar-refractivity contribution in [3.8, 4) is 12.1 Å². The number of nitrogens with zero attached hydrogens (tertiary/aromatic N) is 3. The lowest BCUT2D eigenvalue weighted by Crippen LogP contribution is -2.54. The first kappa shape index (κ1) is 19.7. The van der Waals surface area contributed by atoms with Crippen LogP contribution in [-0.2, 0) is 9.53 Å². The van der Waals surface area contributed by atoms with E-state index in [2.05, 4.69) is 10.6 Å². The van der Waals surface area contributed by atoms with E-state index in [1.54, 1.807) is 4.90 Å². The highest BCUT2D eigenvalue weighted by atomic mass is 16.5. The first-order chi connectivity index (χ1) is 11.5. The van der Waals surface area contributed by atoms with Crippen molar-refractivity contribution >= 4 is 11.9 Å². The summed E-state index contributed by atoms with van der Waals surface area (Å²) >= 11 is 0. The van der Waals surface area contributed by atoms with Gasteiger partial charge in [0.2, 0.25) is 5.91 Å². The van der Waals surface area contributed by atoms with E-state index in [-0.39, 0.29) is 24.8 Å². The molecule has 132 valence electrons. The first-order valence-corrected chi connectivity index (χ1v) is 8.18. The quantitative estimate of drug-likeness (QED) is 0.712. The monoisotopic (exact) mass is 335 g/mol. The van der Waals surface area contributed by atoms with Gasteiger partial charge in [-0.1, -0.05) is 13.8 Å². The number of nitrogens with one attached hydrogen (secondary N) is 2. The van der Waals surface area contributed by atoms with E-state index < -0.39 is 18.0 Å². The first-order valence-electron chi connectivity index (χ1n) is 8.18. The van der Waals surface area contributed by atoms with E-state index in [4.69, 9.17) is 15.3 Å². The molecule has 1 aliphatic rings. The van der Waals surface area contributed by atoms with Crippen molar-refractivity contribution in [1.29, 1.82) is 10.5 Å². The molecule has 0 aliphatic carbocycles. The highest BCUT2D eigenvalue weighted by Crippen LogP contribution is 2.08. The summed E-state index contributed by atoms with van der Waals surface area (Å²) in [5.41, 5.74) is 0. The van der Waals surface area contributed by atoms with Gasteiger partial charge in [-0.25, -0.2) is 4.79 Å². The number of morpholine rings is 1. The van der Waals surface area contributed by atoms with Crippen molar-refractivity contribution in [2.45, 2.75) is 45.2 Å². The molecular weight excluding hydrogens is 310 g/mol. The van der Waals surface area contributed by atoms with Crippen LogP contribution in [0.2, 0.25) is 0 Å². The molecule has 1 rings (SSSR count). The summed E-state index contributed by atoms with van der Waals surface area (Å²) in [6, 6.07) is 2.18. The van der Waals surface area contributed by atoms with Crippen molar-refractivity contribution in [3.63, 3.8) is 0 Å². The van der Waals surface area contributed by atoms with Gasteiger partial charge in [-0.15, -0.1) is 0 Å². The summed E-state index contributed by atoms with van der Waals surface area (Å²) in [5.74, 6) is -0.194. The lowest BCUT2D eigenvalue weighted by Gasteiger charge is -2.29. The van der Waals surface area contributed by atoms with Gasteiger partial charge in [-0.3, -0.25) is 4.79 Å². The Morgan fingerprint density at radius 3 is 2.42 bits per heavy atom. The lowest BCUT2D eigenvalue weighted by atomic mass is 10.0. The number of carbonyl (C=O) groups excluding carboxylic acids is 2. The fraction of sp³-hybridized carbons (Fsp3) is 0.750. The molecule has 0 bridgehead atoms. The van der Waals surface area contributed by atoms with Crippen LogP contribution in [0.1, 0.15) is 33.1 Å². The molecule has 8 nitrogen and oxygen atoms in total. The number of rotatable bonds is 7. The van der Waals surface area contributed by atoms with E-state index >= 15 is 0 Å². The van der Waals surface area contributed by atoms with Crippen molar-refractivity contribution in [2.75, 3.05) is 26.3 Å². The Hall–Kier alpha value is -2.32. The second kappa shape index (κ2) is 10.5. The van der Waals surface area contributed by atoms with E-state index in [1.165, 1.54) is 0 Å². The number of carbonyl (C=O) groups is 2. The third kappa shape index (κ3) is 6.84. The summed E-state index contributed by atoms with van der Waals surface area (Å²) in [6.07, 6.45) is 0.927. The molecule has 1 fully saturated rings. The minimum absolute atomic E-state index is 0.188. The van der Waals surface area contributed by atoms with Gasteiger partial charge in [0.05, 0.1) is 25.4 Å². The molecule has 24 heavy (non-hydrogen) atoms. The standard InChI is InChI=1S/C16H25N5O3/c1-12(2)10-14(15(22)19-13(11-18)4-3-5-17)20-16(23)21-6-8-24-9-7-21/h12-14H,3-4,6-10H2,1-2H3,(H,19,22)(H,20,23)/t13-,14-/m0/s1. The number of urea groups is 1. The third-order valence-electron chi connectivity index (χ3n) is 3.64. The van der Waals surface area contributed by atoms with Gasteiger partial charge in [-0.2, -0.15) is 10.5 Å².